The molecule has 0 spiro atoms. The molecule has 10 aromatic carbocycles. The Morgan fingerprint density at radius 3 is 1.12 bits per heavy atom. The van der Waals surface area contributed by atoms with Crippen LogP contribution < -0.4 is 14.7 Å². The van der Waals surface area contributed by atoms with Gasteiger partial charge in [0.1, 0.15) is 0 Å². The molecule has 0 aliphatic heterocycles. The number of hydrogen-bond acceptors (Lipinski definition) is 4. The Balaban J connectivity index is 1.08. The molecule has 64 heavy (non-hydrogen) atoms. The van der Waals surface area contributed by atoms with Gasteiger partial charge in [0.05, 0.1) is 0 Å². The Bertz CT molecular complexity index is 3290. The van der Waals surface area contributed by atoms with E-state index in [1.807, 2.05) is 11.3 Å². The van der Waals surface area contributed by atoms with Crippen LogP contribution in [0, 0.1) is 0 Å². The van der Waals surface area contributed by atoms with Crippen molar-refractivity contribution in [3.05, 3.63) is 261 Å². The van der Waals surface area contributed by atoms with E-state index in [1.54, 1.807) is 0 Å². The molecule has 1 aromatic heterocycles. The van der Waals surface area contributed by atoms with Crippen molar-refractivity contribution in [2.45, 2.75) is 0 Å². The van der Waals surface area contributed by atoms with Crippen molar-refractivity contribution in [2.75, 3.05) is 14.7 Å². The second-order valence-corrected chi connectivity index (χ2v) is 16.9. The lowest BCUT2D eigenvalue weighted by Gasteiger charge is -2.31. The van der Waals surface area contributed by atoms with Crippen molar-refractivity contribution in [1.29, 1.82) is 0 Å². The molecule has 4 heteroatoms. The number of rotatable bonds is 11. The van der Waals surface area contributed by atoms with E-state index >= 15 is 0 Å². The molecule has 0 saturated carbocycles. The summed E-state index contributed by atoms with van der Waals surface area (Å²) < 4.78 is 2.54. The summed E-state index contributed by atoms with van der Waals surface area (Å²) in [6, 6.07) is 93.7. The number of anilines is 9. The molecule has 0 aliphatic rings. The topological polar surface area (TPSA) is 9.72 Å². The highest BCUT2D eigenvalue weighted by molar-refractivity contribution is 7.25. The van der Waals surface area contributed by atoms with Crippen molar-refractivity contribution < 1.29 is 0 Å². The van der Waals surface area contributed by atoms with Crippen molar-refractivity contribution in [3.8, 4) is 22.3 Å². The monoisotopic (exact) mass is 837 g/mol. The van der Waals surface area contributed by atoms with Crippen LogP contribution in [0.15, 0.2) is 261 Å². The van der Waals surface area contributed by atoms with Crippen LogP contribution in [0.4, 0.5) is 51.2 Å². The summed E-state index contributed by atoms with van der Waals surface area (Å²) >= 11 is 1.84. The molecule has 11 rings (SSSR count). The molecule has 0 bridgehead atoms. The van der Waals surface area contributed by atoms with Crippen LogP contribution in [0.5, 0.6) is 0 Å². The minimum absolute atomic E-state index is 1.05. The van der Waals surface area contributed by atoms with Gasteiger partial charge in [0.25, 0.3) is 0 Å². The van der Waals surface area contributed by atoms with Crippen LogP contribution in [0.25, 0.3) is 42.4 Å². The Kier molecular flexibility index (Phi) is 10.5. The lowest BCUT2D eigenvalue weighted by atomic mass is 10.0. The fraction of sp³-hybridized carbons (Fsp3) is 0. The van der Waals surface area contributed by atoms with Gasteiger partial charge >= 0.3 is 0 Å². The Morgan fingerprint density at radius 2 is 0.547 bits per heavy atom. The number of hydrogen-bond donors (Lipinski definition) is 0. The zero-order chi connectivity index (χ0) is 42.7. The number of nitrogens with zero attached hydrogens (tertiary/aromatic N) is 3. The normalized spacial score (nSPS) is 11.1. The van der Waals surface area contributed by atoms with Gasteiger partial charge in [-0.15, -0.1) is 11.3 Å². The molecule has 0 amide bonds. The van der Waals surface area contributed by atoms with E-state index in [2.05, 4.69) is 276 Å². The van der Waals surface area contributed by atoms with E-state index in [9.17, 15) is 0 Å². The highest BCUT2D eigenvalue weighted by Gasteiger charge is 2.21. The quantitative estimate of drug-likeness (QED) is 0.128. The zero-order valence-corrected chi connectivity index (χ0v) is 35.9. The van der Waals surface area contributed by atoms with E-state index < -0.39 is 0 Å². The molecular formula is C60H43N3S. The molecule has 3 nitrogen and oxygen atoms in total. The van der Waals surface area contributed by atoms with E-state index in [1.165, 1.54) is 36.9 Å². The molecule has 11 aromatic rings. The van der Waals surface area contributed by atoms with Crippen LogP contribution >= 0.6 is 11.3 Å². The first-order valence-electron chi connectivity index (χ1n) is 21.7. The van der Waals surface area contributed by atoms with E-state index in [0.717, 1.165) is 56.7 Å². The van der Waals surface area contributed by atoms with Gasteiger partial charge in [0, 0.05) is 71.4 Å². The molecule has 0 radical (unpaired) electrons. The van der Waals surface area contributed by atoms with Crippen molar-refractivity contribution in [1.82, 2.24) is 0 Å². The van der Waals surface area contributed by atoms with Gasteiger partial charge < -0.3 is 14.7 Å². The first-order valence-corrected chi connectivity index (χ1v) is 22.5. The predicted molar refractivity (Wildman–Crippen MR) is 274 cm³/mol. The number of thiophene rings is 1. The summed E-state index contributed by atoms with van der Waals surface area (Å²) in [4.78, 5) is 7.11. The van der Waals surface area contributed by atoms with E-state index in [0.29, 0.717) is 0 Å². The summed E-state index contributed by atoms with van der Waals surface area (Å²) in [6.07, 6.45) is 0. The first kappa shape index (κ1) is 38.7. The summed E-state index contributed by atoms with van der Waals surface area (Å²) in [5, 5.41) is 2.56. The third kappa shape index (κ3) is 7.68. The maximum absolute atomic E-state index is 2.40. The molecule has 0 fully saturated rings. The number of benzene rings is 10. The van der Waals surface area contributed by atoms with Gasteiger partial charge in [-0.2, -0.15) is 0 Å². The fourth-order valence-electron chi connectivity index (χ4n) is 8.78. The van der Waals surface area contributed by atoms with Crippen molar-refractivity contribution in [2.24, 2.45) is 0 Å². The summed E-state index contributed by atoms with van der Waals surface area (Å²) in [6.45, 7) is 0. The number of para-hydroxylation sites is 2. The average molecular weight is 838 g/mol. The lowest BCUT2D eigenvalue weighted by molar-refractivity contribution is 1.24. The zero-order valence-electron chi connectivity index (χ0n) is 35.1. The highest BCUT2D eigenvalue weighted by Crippen LogP contribution is 2.45. The molecule has 0 unspecified atom stereocenters. The van der Waals surface area contributed by atoms with Gasteiger partial charge in [-0.1, -0.05) is 158 Å². The Labute approximate surface area is 378 Å². The molecule has 0 aliphatic carbocycles. The van der Waals surface area contributed by atoms with Crippen LogP contribution in [0.1, 0.15) is 0 Å². The van der Waals surface area contributed by atoms with Crippen LogP contribution in [-0.4, -0.2) is 0 Å². The molecule has 0 atom stereocenters. The van der Waals surface area contributed by atoms with Crippen LogP contribution in [0.2, 0.25) is 0 Å². The average Bonchev–Trinajstić information content (AvgIpc) is 3.74. The van der Waals surface area contributed by atoms with Crippen LogP contribution in [-0.2, 0) is 0 Å². The lowest BCUT2D eigenvalue weighted by Crippen LogP contribution is -2.14. The standard InChI is InChI=1S/C60H43N3S/c1-5-18-44(19-6-1)46-34-36-50(37-35-46)62(51-27-15-22-47(40-51)45-20-7-2-8-21-45)53-29-17-31-55(42-53)63(56-38-39-58-57-32-13-14-33-59(57)64-60(58)43-56)54-30-16-28-52(41-54)61(48-23-9-3-10-24-48)49-25-11-4-12-26-49/h1-43H. The van der Waals surface area contributed by atoms with Gasteiger partial charge in [0.2, 0.25) is 0 Å². The van der Waals surface area contributed by atoms with E-state index in [4.69, 9.17) is 0 Å². The van der Waals surface area contributed by atoms with Crippen molar-refractivity contribution >= 4 is 82.7 Å². The molecule has 1 heterocycles. The number of fused-ring (bicyclic) bond motifs is 3. The smallest absolute Gasteiger partial charge is 0.0482 e. The second-order valence-electron chi connectivity index (χ2n) is 15.8. The van der Waals surface area contributed by atoms with Crippen LogP contribution in [0.3, 0.4) is 0 Å². The minimum atomic E-state index is 1.05. The first-order chi connectivity index (χ1) is 31.7. The molecule has 304 valence electrons. The summed E-state index contributed by atoms with van der Waals surface area (Å²) in [5.41, 5.74) is 14.4. The second kappa shape index (κ2) is 17.3. The highest BCUT2D eigenvalue weighted by atomic mass is 32.1. The Morgan fingerprint density at radius 1 is 0.203 bits per heavy atom. The van der Waals surface area contributed by atoms with Gasteiger partial charge in [-0.25, -0.2) is 0 Å². The summed E-state index contributed by atoms with van der Waals surface area (Å²) in [7, 11) is 0. The van der Waals surface area contributed by atoms with Gasteiger partial charge in [0.15, 0.2) is 0 Å². The molecular weight excluding hydrogens is 795 g/mol. The molecule has 0 N–H and O–H groups in total. The molecule has 0 saturated heterocycles. The maximum atomic E-state index is 2.40. The predicted octanol–water partition coefficient (Wildman–Crippen LogP) is 17.8. The Hall–Kier alpha value is -8.18. The maximum Gasteiger partial charge on any atom is 0.0482 e. The third-order valence-corrected chi connectivity index (χ3v) is 12.9. The van der Waals surface area contributed by atoms with E-state index in [-0.39, 0.29) is 0 Å². The van der Waals surface area contributed by atoms with Crippen molar-refractivity contribution in [3.63, 3.8) is 0 Å². The largest absolute Gasteiger partial charge is 0.310 e. The van der Waals surface area contributed by atoms with Gasteiger partial charge in [-0.05, 0) is 125 Å². The summed E-state index contributed by atoms with van der Waals surface area (Å²) in [5.74, 6) is 0. The fourth-order valence-corrected chi connectivity index (χ4v) is 9.92. The third-order valence-electron chi connectivity index (χ3n) is 11.8. The SMILES string of the molecule is c1ccc(-c2ccc(N(c3cccc(-c4ccccc4)c3)c3cccc(N(c4cccc(N(c5ccccc5)c5ccccc5)c4)c4ccc5c(c4)sc4ccccc45)c3)cc2)cc1. The van der Waals surface area contributed by atoms with Gasteiger partial charge in [-0.3, -0.25) is 0 Å². The minimum Gasteiger partial charge on any atom is -0.310 e.